The van der Waals surface area contributed by atoms with Crippen LogP contribution in [0, 0.1) is 0 Å². The largest absolute Gasteiger partial charge is 0.378 e. The van der Waals surface area contributed by atoms with Gasteiger partial charge < -0.3 is 10.2 Å². The van der Waals surface area contributed by atoms with E-state index in [0.29, 0.717) is 23.3 Å². The summed E-state index contributed by atoms with van der Waals surface area (Å²) in [4.78, 5) is 8.74. The third kappa shape index (κ3) is 3.42. The van der Waals surface area contributed by atoms with Gasteiger partial charge in [-0.15, -0.1) is 0 Å². The minimum absolute atomic E-state index is 0.377. The Morgan fingerprint density at radius 3 is 2.84 bits per heavy atom. The van der Waals surface area contributed by atoms with Crippen LogP contribution in [0.1, 0.15) is 5.69 Å². The molecule has 1 heterocycles. The number of hydrogen-bond donors (Lipinski definition) is 2. The molecule has 19 heavy (non-hydrogen) atoms. The van der Waals surface area contributed by atoms with E-state index in [4.69, 9.17) is 22.2 Å². The molecule has 0 amide bonds. The second-order valence-electron chi connectivity index (χ2n) is 3.77. The molecular weight excluding hydrogens is 332 g/mol. The van der Waals surface area contributed by atoms with Gasteiger partial charge in [-0.1, -0.05) is 27.5 Å². The molecule has 5 nitrogen and oxygen atoms in total. The molecule has 0 atom stereocenters. The first kappa shape index (κ1) is 14.2. The predicted octanol–water partition coefficient (Wildman–Crippen LogP) is 2.99. The standard InChI is InChI=1S/C12H12BrClN4O/c1-19-6-8-5-11(18-15)17-12(16-8)9-4-7(14)2-3-10(9)13/h2-5H,6,15H2,1H3,(H,16,17,18). The molecule has 0 aliphatic carbocycles. The lowest BCUT2D eigenvalue weighted by molar-refractivity contribution is 0.181. The summed E-state index contributed by atoms with van der Waals surface area (Å²) in [5.41, 5.74) is 4.04. The van der Waals surface area contributed by atoms with Gasteiger partial charge in [0.25, 0.3) is 0 Å². The second kappa shape index (κ2) is 6.29. The van der Waals surface area contributed by atoms with Crippen molar-refractivity contribution in [1.29, 1.82) is 0 Å². The molecule has 1 aromatic heterocycles. The molecule has 3 N–H and O–H groups in total. The van der Waals surface area contributed by atoms with Crippen LogP contribution in [0.5, 0.6) is 0 Å². The summed E-state index contributed by atoms with van der Waals surface area (Å²) in [5.74, 6) is 6.45. The molecule has 1 aromatic carbocycles. The molecule has 0 fully saturated rings. The van der Waals surface area contributed by atoms with Gasteiger partial charge in [0, 0.05) is 28.2 Å². The number of aromatic nitrogens is 2. The first-order valence-electron chi connectivity index (χ1n) is 5.43. The Morgan fingerprint density at radius 1 is 1.37 bits per heavy atom. The van der Waals surface area contributed by atoms with Crippen LogP contribution in [0.2, 0.25) is 5.02 Å². The zero-order valence-electron chi connectivity index (χ0n) is 10.2. The Balaban J connectivity index is 2.54. The monoisotopic (exact) mass is 342 g/mol. The Labute approximate surface area is 124 Å². The van der Waals surface area contributed by atoms with Crippen LogP contribution in [0.4, 0.5) is 5.82 Å². The van der Waals surface area contributed by atoms with Gasteiger partial charge in [-0.25, -0.2) is 15.8 Å². The first-order valence-corrected chi connectivity index (χ1v) is 6.60. The van der Waals surface area contributed by atoms with Gasteiger partial charge >= 0.3 is 0 Å². The van der Waals surface area contributed by atoms with Crippen molar-refractivity contribution in [2.45, 2.75) is 6.61 Å². The number of nitrogens with zero attached hydrogens (tertiary/aromatic N) is 2. The number of hydrogen-bond acceptors (Lipinski definition) is 5. The molecule has 100 valence electrons. The van der Waals surface area contributed by atoms with E-state index < -0.39 is 0 Å². The van der Waals surface area contributed by atoms with Crippen molar-refractivity contribution in [3.05, 3.63) is 39.5 Å². The van der Waals surface area contributed by atoms with Crippen LogP contribution in [0.3, 0.4) is 0 Å². The number of anilines is 1. The van der Waals surface area contributed by atoms with Crippen LogP contribution in [0.15, 0.2) is 28.7 Å². The molecule has 0 spiro atoms. The number of nitrogens with two attached hydrogens (primary N) is 1. The average molecular weight is 344 g/mol. The van der Waals surface area contributed by atoms with Gasteiger partial charge in [-0.05, 0) is 18.2 Å². The van der Waals surface area contributed by atoms with Crippen molar-refractivity contribution in [2.75, 3.05) is 12.5 Å². The van der Waals surface area contributed by atoms with Crippen LogP contribution >= 0.6 is 27.5 Å². The van der Waals surface area contributed by atoms with E-state index >= 15 is 0 Å². The zero-order valence-corrected chi connectivity index (χ0v) is 12.5. The molecule has 0 aliphatic heterocycles. The van der Waals surface area contributed by atoms with E-state index in [2.05, 4.69) is 31.3 Å². The van der Waals surface area contributed by atoms with Crippen molar-refractivity contribution in [2.24, 2.45) is 5.84 Å². The van der Waals surface area contributed by atoms with Crippen molar-refractivity contribution >= 4 is 33.3 Å². The quantitative estimate of drug-likeness (QED) is 0.659. The fourth-order valence-electron chi connectivity index (χ4n) is 1.58. The predicted molar refractivity (Wildman–Crippen MR) is 78.7 cm³/mol. The van der Waals surface area contributed by atoms with Gasteiger partial charge in [0.2, 0.25) is 0 Å². The summed E-state index contributed by atoms with van der Waals surface area (Å²) in [6.45, 7) is 0.377. The van der Waals surface area contributed by atoms with Crippen molar-refractivity contribution < 1.29 is 4.74 Å². The van der Waals surface area contributed by atoms with Crippen LogP contribution in [-0.4, -0.2) is 17.1 Å². The normalized spacial score (nSPS) is 10.5. The van der Waals surface area contributed by atoms with E-state index in [9.17, 15) is 0 Å². The zero-order chi connectivity index (χ0) is 13.8. The van der Waals surface area contributed by atoms with E-state index in [0.717, 1.165) is 15.7 Å². The number of nitrogens with one attached hydrogen (secondary N) is 1. The Kier molecular flexibility index (Phi) is 4.71. The van der Waals surface area contributed by atoms with Gasteiger partial charge in [0.15, 0.2) is 5.82 Å². The van der Waals surface area contributed by atoms with Crippen LogP contribution in [-0.2, 0) is 11.3 Å². The lowest BCUT2D eigenvalue weighted by atomic mass is 10.2. The van der Waals surface area contributed by atoms with E-state index in [1.165, 1.54) is 0 Å². The van der Waals surface area contributed by atoms with Crippen LogP contribution in [0.25, 0.3) is 11.4 Å². The van der Waals surface area contributed by atoms with Crippen LogP contribution < -0.4 is 11.3 Å². The highest BCUT2D eigenvalue weighted by atomic mass is 79.9. The summed E-state index contributed by atoms with van der Waals surface area (Å²) in [6, 6.07) is 7.15. The highest BCUT2D eigenvalue weighted by Gasteiger charge is 2.10. The maximum Gasteiger partial charge on any atom is 0.163 e. The third-order valence-corrected chi connectivity index (χ3v) is 3.32. The molecule has 7 heteroatoms. The molecule has 0 saturated heterocycles. The third-order valence-electron chi connectivity index (χ3n) is 2.39. The molecular formula is C12H12BrClN4O. The lowest BCUT2D eigenvalue weighted by Crippen LogP contribution is -2.11. The smallest absolute Gasteiger partial charge is 0.163 e. The Bertz CT molecular complexity index is 594. The maximum absolute atomic E-state index is 6.00. The average Bonchev–Trinajstić information content (AvgIpc) is 2.41. The molecule has 2 rings (SSSR count). The lowest BCUT2D eigenvalue weighted by Gasteiger charge is -2.09. The van der Waals surface area contributed by atoms with E-state index in [1.807, 2.05) is 6.07 Å². The van der Waals surface area contributed by atoms with Crippen molar-refractivity contribution in [3.8, 4) is 11.4 Å². The summed E-state index contributed by atoms with van der Waals surface area (Å²) < 4.78 is 5.93. The number of benzene rings is 1. The summed E-state index contributed by atoms with van der Waals surface area (Å²) in [7, 11) is 1.60. The summed E-state index contributed by atoms with van der Waals surface area (Å²) in [6.07, 6.45) is 0. The highest BCUT2D eigenvalue weighted by Crippen LogP contribution is 2.29. The van der Waals surface area contributed by atoms with Gasteiger partial charge in [-0.2, -0.15) is 0 Å². The Morgan fingerprint density at radius 2 is 2.16 bits per heavy atom. The summed E-state index contributed by atoms with van der Waals surface area (Å²) >= 11 is 9.46. The maximum atomic E-state index is 6.00. The topological polar surface area (TPSA) is 73.1 Å². The fourth-order valence-corrected chi connectivity index (χ4v) is 2.18. The first-order chi connectivity index (χ1) is 9.13. The van der Waals surface area contributed by atoms with E-state index in [-0.39, 0.29) is 0 Å². The number of ether oxygens (including phenoxy) is 1. The minimum Gasteiger partial charge on any atom is -0.378 e. The number of hydrazine groups is 1. The van der Waals surface area contributed by atoms with E-state index in [1.54, 1.807) is 25.3 Å². The van der Waals surface area contributed by atoms with Gasteiger partial charge in [-0.3, -0.25) is 0 Å². The SMILES string of the molecule is COCc1cc(NN)nc(-c2cc(Cl)ccc2Br)n1. The Hall–Kier alpha value is -1.21. The highest BCUT2D eigenvalue weighted by molar-refractivity contribution is 9.10. The number of halogens is 2. The van der Waals surface area contributed by atoms with Crippen molar-refractivity contribution in [1.82, 2.24) is 9.97 Å². The molecule has 2 aromatic rings. The fraction of sp³-hybridized carbons (Fsp3) is 0.167. The summed E-state index contributed by atoms with van der Waals surface area (Å²) in [5, 5.41) is 0.612. The van der Waals surface area contributed by atoms with Gasteiger partial charge in [0.1, 0.15) is 5.82 Å². The molecule has 0 saturated carbocycles. The second-order valence-corrected chi connectivity index (χ2v) is 5.06. The molecule has 0 bridgehead atoms. The number of nitrogen functional groups attached to an aromatic ring is 1. The molecule has 0 unspecified atom stereocenters. The molecule has 0 aliphatic rings. The minimum atomic E-state index is 0.377. The van der Waals surface area contributed by atoms with Crippen molar-refractivity contribution in [3.63, 3.8) is 0 Å². The van der Waals surface area contributed by atoms with Gasteiger partial charge in [0.05, 0.1) is 12.3 Å². The number of methoxy groups -OCH3 is 1. The number of rotatable bonds is 4. The molecule has 0 radical (unpaired) electrons.